The van der Waals surface area contributed by atoms with Gasteiger partial charge in [-0.15, -0.1) is 0 Å². The molecule has 1 heterocycles. The highest BCUT2D eigenvalue weighted by Gasteiger charge is 2.54. The molecule has 0 radical (unpaired) electrons. The number of nitrogens with two attached hydrogens (primary N) is 1. The zero-order chi connectivity index (χ0) is 22.4. The lowest BCUT2D eigenvalue weighted by Crippen LogP contribution is -2.63. The Morgan fingerprint density at radius 3 is 1.72 bits per heavy atom. The van der Waals surface area contributed by atoms with E-state index in [0.717, 1.165) is 28.8 Å². The number of hydrogen-bond acceptors (Lipinski definition) is 3. The van der Waals surface area contributed by atoms with E-state index in [1.165, 1.54) is 0 Å². The van der Waals surface area contributed by atoms with Gasteiger partial charge in [-0.2, -0.15) is 10.4 Å². The molecule has 0 amide bonds. The van der Waals surface area contributed by atoms with Crippen molar-refractivity contribution in [2.24, 2.45) is 10.8 Å². The molecule has 1 aliphatic rings. The van der Waals surface area contributed by atoms with Crippen LogP contribution in [0.3, 0.4) is 0 Å². The Kier molecular flexibility index (Phi) is 6.30. The molecule has 3 aromatic carbocycles. The highest BCUT2D eigenvalue weighted by atomic mass is 16.4. The molecule has 1 aliphatic heterocycles. The number of benzene rings is 3. The molecule has 0 aliphatic carbocycles. The summed E-state index contributed by atoms with van der Waals surface area (Å²) in [5, 5.41) is 8.91. The Morgan fingerprint density at radius 2 is 1.28 bits per heavy atom. The molecule has 0 saturated heterocycles. The predicted octanol–water partition coefficient (Wildman–Crippen LogP) is 5.20. The van der Waals surface area contributed by atoms with Gasteiger partial charge in [0.05, 0.1) is 0 Å². The lowest BCUT2D eigenvalue weighted by molar-refractivity contribution is -0.844. The number of quaternary nitrogens is 1. The van der Waals surface area contributed by atoms with Crippen molar-refractivity contribution in [1.29, 1.82) is 0 Å². The molecular formula is C27H28N3O2+. The number of nitrogens with zero attached hydrogens (tertiary/aromatic N) is 2. The molecule has 3 aromatic rings. The van der Waals surface area contributed by atoms with Crippen molar-refractivity contribution < 1.29 is 14.5 Å². The first-order valence-electron chi connectivity index (χ1n) is 10.9. The zero-order valence-corrected chi connectivity index (χ0v) is 18.0. The molecule has 0 aromatic heterocycles. The second kappa shape index (κ2) is 9.30. The van der Waals surface area contributed by atoms with Crippen molar-refractivity contribution in [1.82, 2.24) is 0 Å². The molecule has 0 unspecified atom stereocenters. The number of hydrogen-bond donors (Lipinski definition) is 2. The van der Waals surface area contributed by atoms with E-state index in [1.54, 1.807) is 6.34 Å². The largest absolute Gasteiger partial charge is 0.481 e. The third-order valence-electron chi connectivity index (χ3n) is 6.01. The van der Waals surface area contributed by atoms with Crippen LogP contribution in [0.4, 0.5) is 0 Å². The van der Waals surface area contributed by atoms with Gasteiger partial charge in [0.1, 0.15) is 11.9 Å². The summed E-state index contributed by atoms with van der Waals surface area (Å²) in [7, 11) is 0. The molecular weight excluding hydrogens is 398 g/mol. The van der Waals surface area contributed by atoms with E-state index in [1.807, 2.05) is 60.8 Å². The Morgan fingerprint density at radius 1 is 0.812 bits per heavy atom. The molecule has 0 fully saturated rings. The van der Waals surface area contributed by atoms with Gasteiger partial charge >= 0.3 is 5.97 Å². The Labute approximate surface area is 188 Å². The summed E-state index contributed by atoms with van der Waals surface area (Å²) in [6.07, 6.45) is 6.04. The number of aliphatic imine (C=N–C) groups is 1. The van der Waals surface area contributed by atoms with Gasteiger partial charge in [-0.3, -0.25) is 4.79 Å². The van der Waals surface area contributed by atoms with E-state index in [9.17, 15) is 4.79 Å². The van der Waals surface area contributed by atoms with Gasteiger partial charge in [0.15, 0.2) is 0 Å². The van der Waals surface area contributed by atoms with Gasteiger partial charge in [0, 0.05) is 23.1 Å². The summed E-state index contributed by atoms with van der Waals surface area (Å²) in [6, 6.07) is 30.9. The van der Waals surface area contributed by atoms with Gasteiger partial charge in [0.25, 0.3) is 0 Å². The molecule has 5 nitrogen and oxygen atoms in total. The lowest BCUT2D eigenvalue weighted by atomic mass is 9.75. The molecule has 32 heavy (non-hydrogen) atoms. The average Bonchev–Trinajstić information content (AvgIpc) is 3.21. The number of allylic oxidation sites excluding steroid dienone is 1. The molecule has 0 bridgehead atoms. The van der Waals surface area contributed by atoms with Crippen LogP contribution in [-0.2, 0) is 10.3 Å². The van der Waals surface area contributed by atoms with E-state index in [0.29, 0.717) is 12.8 Å². The van der Waals surface area contributed by atoms with Crippen LogP contribution in [0.15, 0.2) is 108 Å². The second-order valence-corrected chi connectivity index (χ2v) is 8.11. The monoisotopic (exact) mass is 426 g/mol. The van der Waals surface area contributed by atoms with Crippen molar-refractivity contribution in [3.8, 4) is 0 Å². The topological polar surface area (TPSA) is 75.7 Å². The maximum atomic E-state index is 10.8. The fraction of sp³-hybridized carbons (Fsp3) is 0.185. The number of carboxylic acids is 1. The number of carbonyl (C=O) groups is 1. The smallest absolute Gasteiger partial charge is 0.303 e. The summed E-state index contributed by atoms with van der Waals surface area (Å²) in [5.74, 6) is 6.43. The Bertz CT molecular complexity index is 1010. The fourth-order valence-corrected chi connectivity index (χ4v) is 4.59. The second-order valence-electron chi connectivity index (χ2n) is 8.11. The minimum absolute atomic E-state index is 0.0285. The van der Waals surface area contributed by atoms with Crippen LogP contribution in [0.2, 0.25) is 0 Å². The van der Waals surface area contributed by atoms with E-state index in [4.69, 9.17) is 10.9 Å². The summed E-state index contributed by atoms with van der Waals surface area (Å²) >= 11 is 0. The fourth-order valence-electron chi connectivity index (χ4n) is 4.59. The van der Waals surface area contributed by atoms with Crippen LogP contribution >= 0.6 is 0 Å². The van der Waals surface area contributed by atoms with Crippen LogP contribution in [-0.4, -0.2) is 22.0 Å². The van der Waals surface area contributed by atoms with Crippen LogP contribution in [0, 0.1) is 0 Å². The van der Waals surface area contributed by atoms with Gasteiger partial charge < -0.3 is 5.11 Å². The summed E-state index contributed by atoms with van der Waals surface area (Å²) < 4.78 is -0.0285. The number of rotatable bonds is 9. The molecule has 5 heteroatoms. The maximum absolute atomic E-state index is 10.8. The lowest BCUT2D eigenvalue weighted by Gasteiger charge is -2.44. The van der Waals surface area contributed by atoms with Crippen LogP contribution in [0.1, 0.15) is 42.4 Å². The van der Waals surface area contributed by atoms with Gasteiger partial charge in [-0.1, -0.05) is 91.0 Å². The first-order valence-corrected chi connectivity index (χ1v) is 10.9. The van der Waals surface area contributed by atoms with Crippen LogP contribution in [0.25, 0.3) is 0 Å². The molecule has 1 atom stereocenters. The van der Waals surface area contributed by atoms with Crippen LogP contribution in [0.5, 0.6) is 0 Å². The summed E-state index contributed by atoms with van der Waals surface area (Å²) in [5.41, 5.74) is 3.33. The van der Waals surface area contributed by atoms with Crippen molar-refractivity contribution in [2.45, 2.75) is 31.2 Å². The van der Waals surface area contributed by atoms with E-state index in [-0.39, 0.29) is 11.0 Å². The van der Waals surface area contributed by atoms with E-state index < -0.39 is 11.5 Å². The first kappa shape index (κ1) is 21.7. The normalized spacial score (nSPS) is 17.8. The third-order valence-corrected chi connectivity index (χ3v) is 6.01. The minimum atomic E-state index is -0.769. The van der Waals surface area contributed by atoms with E-state index in [2.05, 4.69) is 41.4 Å². The average molecular weight is 427 g/mol. The maximum Gasteiger partial charge on any atom is 0.303 e. The number of carboxylic acid groups (broad SMARTS) is 1. The molecule has 162 valence electrons. The SMILES string of the molecule is N[N@@+]1(C(c2ccccc2)(c2ccccc2)c2ccccc2)C=NC(CCCCC(=O)O)=C1. The van der Waals surface area contributed by atoms with Gasteiger partial charge in [-0.25, -0.2) is 4.99 Å². The highest BCUT2D eigenvalue weighted by molar-refractivity contribution is 5.66. The molecule has 0 saturated carbocycles. The minimum Gasteiger partial charge on any atom is -0.481 e. The van der Waals surface area contributed by atoms with Crippen molar-refractivity contribution >= 4 is 12.3 Å². The molecule has 3 N–H and O–H groups in total. The van der Waals surface area contributed by atoms with Crippen LogP contribution < -0.4 is 5.84 Å². The van der Waals surface area contributed by atoms with Gasteiger partial charge in [0.2, 0.25) is 11.9 Å². The van der Waals surface area contributed by atoms with Gasteiger partial charge in [-0.05, 0) is 19.3 Å². The zero-order valence-electron chi connectivity index (χ0n) is 18.0. The summed E-state index contributed by atoms with van der Waals surface area (Å²) in [6.45, 7) is 0. The quantitative estimate of drug-likeness (QED) is 0.214. The number of aliphatic carboxylic acids is 1. The number of unbranched alkanes of at least 4 members (excludes halogenated alkanes) is 1. The van der Waals surface area contributed by atoms with Crippen molar-refractivity contribution in [3.63, 3.8) is 0 Å². The third kappa shape index (κ3) is 4.00. The Hall–Kier alpha value is -3.54. The summed E-state index contributed by atoms with van der Waals surface area (Å²) in [4.78, 5) is 15.5. The van der Waals surface area contributed by atoms with Crippen molar-refractivity contribution in [2.75, 3.05) is 0 Å². The van der Waals surface area contributed by atoms with Crippen molar-refractivity contribution in [3.05, 3.63) is 120 Å². The highest BCUT2D eigenvalue weighted by Crippen LogP contribution is 2.46. The molecule has 0 spiro atoms. The predicted molar refractivity (Wildman–Crippen MR) is 126 cm³/mol. The van der Waals surface area contributed by atoms with E-state index >= 15 is 0 Å². The Balaban J connectivity index is 1.85. The standard InChI is InChI=1S/C27H27N3O2/c28-30(20-25(29-21-30)18-10-11-19-26(31)32)27(22-12-4-1-5-13-22,23-14-6-2-7-15-23)24-16-8-3-9-17-24/h1-9,12-17,20-21H,10-11,18-19,28H2/p+1/t30-/m1/s1. The first-order chi connectivity index (χ1) is 15.6. The molecule has 4 rings (SSSR count).